The Labute approximate surface area is 207 Å². The first-order valence-electron chi connectivity index (χ1n) is 11.9. The van der Waals surface area contributed by atoms with E-state index in [1.165, 1.54) is 6.20 Å². The Morgan fingerprint density at radius 3 is 2.61 bits per heavy atom. The van der Waals surface area contributed by atoms with Crippen LogP contribution in [0.4, 0.5) is 13.2 Å². The zero-order valence-electron chi connectivity index (χ0n) is 20.5. The van der Waals surface area contributed by atoms with Crippen molar-refractivity contribution in [3.05, 3.63) is 42.5 Å². The molecule has 4 heterocycles. The Balaban J connectivity index is 1.69. The van der Waals surface area contributed by atoms with Crippen molar-refractivity contribution in [2.45, 2.75) is 44.5 Å². The molecule has 1 fully saturated rings. The van der Waals surface area contributed by atoms with Gasteiger partial charge in [-0.1, -0.05) is 13.8 Å². The molecule has 0 aliphatic carbocycles. The summed E-state index contributed by atoms with van der Waals surface area (Å²) in [5.41, 5.74) is 6.15. The number of halogens is 3. The molecule has 0 radical (unpaired) electrons. The molecular formula is C25H31F3N6O2. The van der Waals surface area contributed by atoms with Gasteiger partial charge < -0.3 is 20.4 Å². The van der Waals surface area contributed by atoms with Crippen molar-refractivity contribution < 1.29 is 22.7 Å². The van der Waals surface area contributed by atoms with E-state index in [0.717, 1.165) is 36.9 Å². The lowest BCUT2D eigenvalue weighted by Gasteiger charge is -2.36. The van der Waals surface area contributed by atoms with Gasteiger partial charge in [-0.15, -0.1) is 0 Å². The molecule has 3 aromatic heterocycles. The molecule has 0 spiro atoms. The summed E-state index contributed by atoms with van der Waals surface area (Å²) in [5.74, 6) is -0.841. The minimum atomic E-state index is -4.52. The SMILES string of the molecule is CC(C)[C@](NCC(F)(F)F)(C(N)=O)c1cncc(-c2c[nH]c3ncc(OC4CCN(C)CC4)cc23)c1. The lowest BCUT2D eigenvalue weighted by atomic mass is 9.79. The van der Waals surface area contributed by atoms with Crippen molar-refractivity contribution in [3.63, 3.8) is 0 Å². The van der Waals surface area contributed by atoms with E-state index < -0.39 is 30.1 Å². The molecule has 1 saturated heterocycles. The fraction of sp³-hybridized carbons (Fsp3) is 0.480. The van der Waals surface area contributed by atoms with Crippen LogP contribution < -0.4 is 15.8 Å². The first-order chi connectivity index (χ1) is 17.0. The van der Waals surface area contributed by atoms with Crippen LogP contribution in [0.15, 0.2) is 36.9 Å². The number of pyridine rings is 2. The van der Waals surface area contributed by atoms with Crippen molar-refractivity contribution in [1.29, 1.82) is 0 Å². The van der Waals surface area contributed by atoms with Gasteiger partial charge in [-0.3, -0.25) is 15.1 Å². The van der Waals surface area contributed by atoms with Gasteiger partial charge in [-0.2, -0.15) is 13.2 Å². The molecule has 0 bridgehead atoms. The van der Waals surface area contributed by atoms with E-state index in [1.54, 1.807) is 38.5 Å². The third kappa shape index (κ3) is 5.31. The van der Waals surface area contributed by atoms with Crippen LogP contribution in [-0.2, 0) is 10.3 Å². The Bertz CT molecular complexity index is 1220. The molecule has 4 N–H and O–H groups in total. The fourth-order valence-corrected chi connectivity index (χ4v) is 4.78. The average molecular weight is 505 g/mol. The number of aromatic amines is 1. The van der Waals surface area contributed by atoms with E-state index >= 15 is 0 Å². The zero-order chi connectivity index (χ0) is 26.1. The molecule has 0 unspecified atom stereocenters. The minimum absolute atomic E-state index is 0.106. The number of carbonyl (C=O) groups excluding carboxylic acids is 1. The van der Waals surface area contributed by atoms with E-state index in [-0.39, 0.29) is 11.7 Å². The van der Waals surface area contributed by atoms with Crippen molar-refractivity contribution in [2.75, 3.05) is 26.7 Å². The highest BCUT2D eigenvalue weighted by molar-refractivity contribution is 5.94. The molecule has 0 saturated carbocycles. The number of nitrogens with two attached hydrogens (primary N) is 1. The molecule has 4 rings (SSSR count). The summed E-state index contributed by atoms with van der Waals surface area (Å²) in [6, 6.07) is 3.54. The lowest BCUT2D eigenvalue weighted by molar-refractivity contribution is -0.139. The molecule has 194 valence electrons. The number of H-pyrrole nitrogens is 1. The second-order valence-electron chi connectivity index (χ2n) is 9.65. The van der Waals surface area contributed by atoms with E-state index in [1.807, 2.05) is 6.07 Å². The summed E-state index contributed by atoms with van der Waals surface area (Å²) in [5, 5.41) is 3.15. The second kappa shape index (κ2) is 10.1. The van der Waals surface area contributed by atoms with Crippen molar-refractivity contribution >= 4 is 16.9 Å². The summed E-state index contributed by atoms with van der Waals surface area (Å²) in [7, 11) is 2.09. The van der Waals surface area contributed by atoms with Gasteiger partial charge in [0.25, 0.3) is 0 Å². The van der Waals surface area contributed by atoms with Gasteiger partial charge in [0.1, 0.15) is 23.0 Å². The van der Waals surface area contributed by atoms with Crippen LogP contribution in [0.25, 0.3) is 22.2 Å². The topological polar surface area (TPSA) is 109 Å². The van der Waals surface area contributed by atoms with Gasteiger partial charge in [0.2, 0.25) is 5.91 Å². The smallest absolute Gasteiger partial charge is 0.401 e. The first kappa shape index (κ1) is 25.9. The Morgan fingerprint density at radius 1 is 1.25 bits per heavy atom. The van der Waals surface area contributed by atoms with E-state index in [2.05, 4.69) is 32.2 Å². The zero-order valence-corrected chi connectivity index (χ0v) is 20.5. The maximum Gasteiger partial charge on any atom is 0.401 e. The highest BCUT2D eigenvalue weighted by Crippen LogP contribution is 2.35. The number of alkyl halides is 3. The maximum absolute atomic E-state index is 13.1. The maximum atomic E-state index is 13.1. The van der Waals surface area contributed by atoms with Crippen LogP contribution in [-0.4, -0.2) is 64.7 Å². The average Bonchev–Trinajstić information content (AvgIpc) is 3.23. The lowest BCUT2D eigenvalue weighted by Crippen LogP contribution is -2.58. The minimum Gasteiger partial charge on any atom is -0.489 e. The second-order valence-corrected chi connectivity index (χ2v) is 9.65. The fourth-order valence-electron chi connectivity index (χ4n) is 4.78. The predicted molar refractivity (Wildman–Crippen MR) is 130 cm³/mol. The van der Waals surface area contributed by atoms with Crippen LogP contribution in [0.3, 0.4) is 0 Å². The molecule has 36 heavy (non-hydrogen) atoms. The molecule has 1 atom stereocenters. The monoisotopic (exact) mass is 504 g/mol. The number of amides is 1. The number of piperidine rings is 1. The van der Waals surface area contributed by atoms with E-state index in [4.69, 9.17) is 10.5 Å². The van der Waals surface area contributed by atoms with Crippen LogP contribution in [0, 0.1) is 5.92 Å². The molecule has 1 aliphatic rings. The quantitative estimate of drug-likeness (QED) is 0.433. The number of rotatable bonds is 8. The summed E-state index contributed by atoms with van der Waals surface area (Å²) >= 11 is 0. The molecule has 3 aromatic rings. The summed E-state index contributed by atoms with van der Waals surface area (Å²) < 4.78 is 45.4. The van der Waals surface area contributed by atoms with Gasteiger partial charge >= 0.3 is 6.18 Å². The van der Waals surface area contributed by atoms with Crippen LogP contribution >= 0.6 is 0 Å². The summed E-state index contributed by atoms with van der Waals surface area (Å²) in [6.07, 6.45) is 3.83. The number of likely N-dealkylation sites (tertiary alicyclic amines) is 1. The van der Waals surface area contributed by atoms with Crippen molar-refractivity contribution in [3.8, 4) is 16.9 Å². The Hall–Kier alpha value is -3.18. The largest absolute Gasteiger partial charge is 0.489 e. The number of hydrogen-bond donors (Lipinski definition) is 3. The molecule has 1 amide bonds. The number of ether oxygens (including phenoxy) is 1. The number of aromatic nitrogens is 3. The van der Waals surface area contributed by atoms with Crippen molar-refractivity contribution in [2.24, 2.45) is 11.7 Å². The molecule has 8 nitrogen and oxygen atoms in total. The molecular weight excluding hydrogens is 473 g/mol. The van der Waals surface area contributed by atoms with E-state index in [0.29, 0.717) is 17.0 Å². The van der Waals surface area contributed by atoms with Gasteiger partial charge in [-0.25, -0.2) is 4.98 Å². The molecule has 11 heteroatoms. The number of hydrogen-bond acceptors (Lipinski definition) is 6. The Kier molecular flexibility index (Phi) is 7.24. The highest BCUT2D eigenvalue weighted by Gasteiger charge is 2.44. The van der Waals surface area contributed by atoms with Gasteiger partial charge in [-0.05, 0) is 37.9 Å². The number of primary amides is 1. The van der Waals surface area contributed by atoms with Crippen LogP contribution in [0.2, 0.25) is 0 Å². The number of carbonyl (C=O) groups is 1. The third-order valence-corrected chi connectivity index (χ3v) is 6.80. The Morgan fingerprint density at radius 2 is 1.97 bits per heavy atom. The summed E-state index contributed by atoms with van der Waals surface area (Å²) in [6.45, 7) is 3.85. The normalized spacial score (nSPS) is 17.4. The standard InChI is InChI=1S/C25H31F3N6O2/c1-15(2)25(23(29)35,33-14-24(26,27)28)17-8-16(10-30-11-17)21-13-32-22-20(21)9-19(12-31-22)36-18-4-6-34(3)7-5-18/h8-13,15,18,33H,4-7,14H2,1-3H3,(H2,29,35)(H,31,32)/t25-/m1/s1. The van der Waals surface area contributed by atoms with Gasteiger partial charge in [0.05, 0.1) is 12.7 Å². The highest BCUT2D eigenvalue weighted by atomic mass is 19.4. The first-order valence-corrected chi connectivity index (χ1v) is 11.9. The van der Waals surface area contributed by atoms with Gasteiger partial charge in [0, 0.05) is 53.8 Å². The van der Waals surface area contributed by atoms with Crippen LogP contribution in [0.1, 0.15) is 32.3 Å². The van der Waals surface area contributed by atoms with Gasteiger partial charge in [0.15, 0.2) is 0 Å². The van der Waals surface area contributed by atoms with Crippen LogP contribution in [0.5, 0.6) is 5.75 Å². The van der Waals surface area contributed by atoms with Crippen molar-refractivity contribution in [1.82, 2.24) is 25.2 Å². The number of nitrogens with zero attached hydrogens (tertiary/aromatic N) is 3. The number of fused-ring (bicyclic) bond motifs is 1. The molecule has 1 aliphatic heterocycles. The third-order valence-electron chi connectivity index (χ3n) is 6.80. The summed E-state index contributed by atoms with van der Waals surface area (Å²) in [4.78, 5) is 26.7. The number of nitrogens with one attached hydrogen (secondary N) is 2. The van der Waals surface area contributed by atoms with E-state index in [9.17, 15) is 18.0 Å². The predicted octanol–water partition coefficient (Wildman–Crippen LogP) is 3.59. The molecule has 0 aromatic carbocycles.